The Morgan fingerprint density at radius 2 is 1.82 bits per heavy atom. The molecule has 1 saturated heterocycles. The van der Waals surface area contributed by atoms with E-state index in [-0.39, 0.29) is 11.2 Å². The van der Waals surface area contributed by atoms with Gasteiger partial charge in [-0.2, -0.15) is 5.26 Å². The van der Waals surface area contributed by atoms with Crippen molar-refractivity contribution in [1.82, 2.24) is 4.90 Å². The number of hydrogen-bond acceptors (Lipinski definition) is 4. The van der Waals surface area contributed by atoms with Crippen molar-refractivity contribution in [3.63, 3.8) is 0 Å². The summed E-state index contributed by atoms with van der Waals surface area (Å²) in [5.41, 5.74) is 7.68. The zero-order valence-electron chi connectivity index (χ0n) is 19.2. The Balaban J connectivity index is 1.36. The van der Waals surface area contributed by atoms with Gasteiger partial charge in [-0.25, -0.2) is 0 Å². The predicted octanol–water partition coefficient (Wildman–Crippen LogP) is 5.48. The fraction of sp³-hybridized carbons (Fsp3) is 0.429. The van der Waals surface area contributed by atoms with Crippen LogP contribution in [0.4, 0.5) is 5.69 Å². The van der Waals surface area contributed by atoms with Gasteiger partial charge in [0.15, 0.2) is 5.78 Å². The highest BCUT2D eigenvalue weighted by molar-refractivity contribution is 9.10. The highest BCUT2D eigenvalue weighted by atomic mass is 79.9. The number of fused-ring (bicyclic) bond motifs is 3. The molecule has 1 heterocycles. The van der Waals surface area contributed by atoms with Gasteiger partial charge in [0, 0.05) is 53.2 Å². The Hall–Kier alpha value is -2.42. The minimum absolute atomic E-state index is 0.116. The second kappa shape index (κ2) is 7.55. The van der Waals surface area contributed by atoms with E-state index in [1.807, 2.05) is 18.2 Å². The number of piperazine rings is 1. The summed E-state index contributed by atoms with van der Waals surface area (Å²) in [5, 5.41) is 9.33. The monoisotopic (exact) mass is 501 g/mol. The third-order valence-electron chi connectivity index (χ3n) is 8.41. The standard InChI is InChI=1S/C28H28BrN3O/c1-28(2)22-15-25(32-10-8-31(9-11-32)19-4-3-5-19)24(29)14-21(22)27(33)26-20-7-6-17(16-30)12-18(20)13-23(26)28/h6-7,12,14-15,19H,3-5,8-11,13H2,1-2H3. The zero-order valence-corrected chi connectivity index (χ0v) is 20.8. The SMILES string of the molecule is CC1(C)C2=C(C(=O)c3cc(Br)c(N4CCN(C5CCC5)CC4)cc31)c1ccc(C#N)cc1C2. The largest absolute Gasteiger partial charge is 0.368 e. The van der Waals surface area contributed by atoms with E-state index in [0.29, 0.717) is 5.56 Å². The molecule has 0 aromatic heterocycles. The Bertz CT molecular complexity index is 1260. The first-order chi connectivity index (χ1) is 15.9. The van der Waals surface area contributed by atoms with Gasteiger partial charge in [0.25, 0.3) is 0 Å². The van der Waals surface area contributed by atoms with Crippen LogP contribution in [-0.2, 0) is 11.8 Å². The van der Waals surface area contributed by atoms with Gasteiger partial charge >= 0.3 is 0 Å². The Kier molecular flexibility index (Phi) is 4.83. The van der Waals surface area contributed by atoms with Crippen molar-refractivity contribution in [2.75, 3.05) is 31.1 Å². The average Bonchev–Trinajstić information content (AvgIpc) is 3.17. The zero-order chi connectivity index (χ0) is 22.9. The maximum absolute atomic E-state index is 13.7. The molecule has 33 heavy (non-hydrogen) atoms. The van der Waals surface area contributed by atoms with Crippen molar-refractivity contribution in [2.45, 2.75) is 51.0 Å². The lowest BCUT2D eigenvalue weighted by Gasteiger charge is -2.44. The van der Waals surface area contributed by atoms with Crippen molar-refractivity contribution in [3.8, 4) is 6.07 Å². The molecule has 5 heteroatoms. The molecule has 1 saturated carbocycles. The molecule has 0 bridgehead atoms. The Labute approximate surface area is 204 Å². The number of nitrogens with zero attached hydrogens (tertiary/aromatic N) is 3. The number of hydrogen-bond donors (Lipinski definition) is 0. The molecular formula is C28H28BrN3O. The number of rotatable bonds is 2. The number of nitriles is 1. The summed E-state index contributed by atoms with van der Waals surface area (Å²) in [4.78, 5) is 18.9. The molecule has 2 aromatic carbocycles. The third-order valence-corrected chi connectivity index (χ3v) is 9.04. The minimum Gasteiger partial charge on any atom is -0.368 e. The quantitative estimate of drug-likeness (QED) is 0.546. The molecule has 0 N–H and O–H groups in total. The fourth-order valence-electron chi connectivity index (χ4n) is 6.17. The summed E-state index contributed by atoms with van der Waals surface area (Å²) < 4.78 is 1.00. The van der Waals surface area contributed by atoms with Gasteiger partial charge < -0.3 is 4.90 Å². The molecular weight excluding hydrogens is 474 g/mol. The molecule has 0 radical (unpaired) electrons. The molecule has 168 valence electrons. The average molecular weight is 502 g/mol. The summed E-state index contributed by atoms with van der Waals surface area (Å²) >= 11 is 3.81. The summed E-state index contributed by atoms with van der Waals surface area (Å²) in [6.45, 7) is 8.77. The molecule has 4 nitrogen and oxygen atoms in total. The van der Waals surface area contributed by atoms with Gasteiger partial charge in [0.1, 0.15) is 0 Å². The van der Waals surface area contributed by atoms with Gasteiger partial charge in [-0.1, -0.05) is 26.3 Å². The number of allylic oxidation sites excluding steroid dienone is 2. The van der Waals surface area contributed by atoms with Gasteiger partial charge in [-0.05, 0) is 81.7 Å². The Morgan fingerprint density at radius 1 is 1.06 bits per heavy atom. The van der Waals surface area contributed by atoms with E-state index in [1.54, 1.807) is 0 Å². The van der Waals surface area contributed by atoms with E-state index in [0.717, 1.165) is 70.9 Å². The lowest BCUT2D eigenvalue weighted by molar-refractivity contribution is 0.105. The molecule has 6 rings (SSSR count). The van der Waals surface area contributed by atoms with Crippen LogP contribution in [0.1, 0.15) is 65.7 Å². The first kappa shape index (κ1) is 21.1. The number of anilines is 1. The van der Waals surface area contributed by atoms with Crippen LogP contribution < -0.4 is 4.90 Å². The maximum Gasteiger partial charge on any atom is 0.193 e. The molecule has 3 aliphatic carbocycles. The van der Waals surface area contributed by atoms with Crippen LogP contribution in [0.5, 0.6) is 0 Å². The van der Waals surface area contributed by atoms with Crippen molar-refractivity contribution in [2.24, 2.45) is 0 Å². The first-order valence-electron chi connectivity index (χ1n) is 12.0. The summed E-state index contributed by atoms with van der Waals surface area (Å²) in [6, 6.07) is 13.1. The van der Waals surface area contributed by atoms with Gasteiger partial charge in [-0.15, -0.1) is 0 Å². The van der Waals surface area contributed by atoms with Crippen molar-refractivity contribution >= 4 is 33.0 Å². The molecule has 4 aliphatic rings. The van der Waals surface area contributed by atoms with E-state index in [4.69, 9.17) is 0 Å². The topological polar surface area (TPSA) is 47.3 Å². The molecule has 0 amide bonds. The number of benzene rings is 2. The highest BCUT2D eigenvalue weighted by Gasteiger charge is 2.43. The normalized spacial score (nSPS) is 21.9. The second-order valence-electron chi connectivity index (χ2n) is 10.4. The summed E-state index contributed by atoms with van der Waals surface area (Å²) in [7, 11) is 0. The fourth-order valence-corrected chi connectivity index (χ4v) is 6.77. The highest BCUT2D eigenvalue weighted by Crippen LogP contribution is 2.51. The van der Waals surface area contributed by atoms with Crippen LogP contribution in [-0.4, -0.2) is 42.9 Å². The third kappa shape index (κ3) is 3.15. The number of halogens is 1. The number of Topliss-reactive ketones (excluding diaryl/α,β-unsaturated/α-hetero) is 1. The Morgan fingerprint density at radius 3 is 2.48 bits per heavy atom. The first-order valence-corrected chi connectivity index (χ1v) is 12.8. The summed E-state index contributed by atoms with van der Waals surface area (Å²) in [6.07, 6.45) is 4.83. The second-order valence-corrected chi connectivity index (χ2v) is 11.3. The minimum atomic E-state index is -0.242. The molecule has 2 aromatic rings. The molecule has 0 atom stereocenters. The van der Waals surface area contributed by atoms with Crippen molar-refractivity contribution in [1.29, 1.82) is 5.26 Å². The van der Waals surface area contributed by atoms with Gasteiger partial charge in [-0.3, -0.25) is 9.69 Å². The lowest BCUT2D eigenvalue weighted by Crippen LogP contribution is -2.52. The summed E-state index contributed by atoms with van der Waals surface area (Å²) in [5.74, 6) is 0.116. The van der Waals surface area contributed by atoms with Crippen LogP contribution in [0.2, 0.25) is 0 Å². The predicted molar refractivity (Wildman–Crippen MR) is 135 cm³/mol. The van der Waals surface area contributed by atoms with Crippen LogP contribution in [0, 0.1) is 11.3 Å². The van der Waals surface area contributed by atoms with Crippen LogP contribution >= 0.6 is 15.9 Å². The van der Waals surface area contributed by atoms with E-state index in [9.17, 15) is 10.1 Å². The van der Waals surface area contributed by atoms with Crippen LogP contribution in [0.3, 0.4) is 0 Å². The maximum atomic E-state index is 13.7. The van der Waals surface area contributed by atoms with E-state index in [2.05, 4.69) is 57.8 Å². The smallest absolute Gasteiger partial charge is 0.193 e. The van der Waals surface area contributed by atoms with Gasteiger partial charge in [0.05, 0.1) is 17.3 Å². The molecule has 2 fully saturated rings. The van der Waals surface area contributed by atoms with E-state index < -0.39 is 0 Å². The van der Waals surface area contributed by atoms with E-state index >= 15 is 0 Å². The van der Waals surface area contributed by atoms with Crippen molar-refractivity contribution in [3.05, 3.63) is 68.2 Å². The molecule has 1 aliphatic heterocycles. The van der Waals surface area contributed by atoms with Crippen molar-refractivity contribution < 1.29 is 4.79 Å². The van der Waals surface area contributed by atoms with Crippen LogP contribution in [0.15, 0.2) is 40.4 Å². The van der Waals surface area contributed by atoms with Gasteiger partial charge in [0.2, 0.25) is 0 Å². The number of ketones is 1. The van der Waals surface area contributed by atoms with Crippen LogP contribution in [0.25, 0.3) is 5.57 Å². The number of carbonyl (C=O) groups is 1. The number of carbonyl (C=O) groups excluding carboxylic acids is 1. The molecule has 0 unspecified atom stereocenters. The lowest BCUT2D eigenvalue weighted by atomic mass is 9.68. The molecule has 0 spiro atoms. The van der Waals surface area contributed by atoms with E-state index in [1.165, 1.54) is 30.5 Å².